The van der Waals surface area contributed by atoms with Crippen molar-refractivity contribution in [2.24, 2.45) is 5.92 Å². The number of pyridine rings is 1. The fourth-order valence-corrected chi connectivity index (χ4v) is 3.57. The number of hydrogen-bond donors (Lipinski definition) is 1. The molecule has 5 heteroatoms. The SMILES string of the molecule is CCc1ccccc1N1CC(C(=O)Nc2cnc3ccccc3c2)CC1=O. The molecule has 2 heterocycles. The molecular formula is C22H21N3O2. The Hall–Kier alpha value is -3.21. The first-order valence-electron chi connectivity index (χ1n) is 9.19. The minimum absolute atomic E-state index is 0.00677. The number of rotatable bonds is 4. The molecule has 0 bridgehead atoms. The average molecular weight is 359 g/mol. The largest absolute Gasteiger partial charge is 0.324 e. The summed E-state index contributed by atoms with van der Waals surface area (Å²) in [6.07, 6.45) is 2.73. The second-order valence-corrected chi connectivity index (χ2v) is 6.79. The quantitative estimate of drug-likeness (QED) is 0.771. The van der Waals surface area contributed by atoms with Crippen LogP contribution in [-0.2, 0) is 16.0 Å². The Morgan fingerprint density at radius 2 is 1.96 bits per heavy atom. The number of carbonyl (C=O) groups excluding carboxylic acids is 2. The van der Waals surface area contributed by atoms with Crippen molar-refractivity contribution in [3.8, 4) is 0 Å². The van der Waals surface area contributed by atoms with Crippen LogP contribution in [0.3, 0.4) is 0 Å². The van der Waals surface area contributed by atoms with E-state index in [1.54, 1.807) is 11.1 Å². The summed E-state index contributed by atoms with van der Waals surface area (Å²) in [7, 11) is 0. The van der Waals surface area contributed by atoms with Gasteiger partial charge in [-0.3, -0.25) is 14.6 Å². The Bertz CT molecular complexity index is 1020. The van der Waals surface area contributed by atoms with E-state index in [-0.39, 0.29) is 24.2 Å². The smallest absolute Gasteiger partial charge is 0.229 e. The third-order valence-corrected chi connectivity index (χ3v) is 5.02. The van der Waals surface area contributed by atoms with Gasteiger partial charge in [0.05, 0.1) is 23.3 Å². The highest BCUT2D eigenvalue weighted by molar-refractivity contribution is 6.04. The molecule has 1 N–H and O–H groups in total. The van der Waals surface area contributed by atoms with Crippen LogP contribution >= 0.6 is 0 Å². The highest BCUT2D eigenvalue weighted by Crippen LogP contribution is 2.29. The molecule has 1 aliphatic heterocycles. The summed E-state index contributed by atoms with van der Waals surface area (Å²) in [5.74, 6) is -0.515. The molecule has 1 atom stereocenters. The monoisotopic (exact) mass is 359 g/mol. The minimum Gasteiger partial charge on any atom is -0.324 e. The number of fused-ring (bicyclic) bond motifs is 1. The number of benzene rings is 2. The lowest BCUT2D eigenvalue weighted by Gasteiger charge is -2.20. The van der Waals surface area contributed by atoms with Gasteiger partial charge in [0.2, 0.25) is 11.8 Å². The van der Waals surface area contributed by atoms with E-state index in [2.05, 4.69) is 17.2 Å². The van der Waals surface area contributed by atoms with Crippen molar-refractivity contribution in [3.05, 3.63) is 66.4 Å². The van der Waals surface area contributed by atoms with E-state index in [4.69, 9.17) is 0 Å². The first kappa shape index (κ1) is 17.2. The maximum atomic E-state index is 12.7. The van der Waals surface area contributed by atoms with Crippen LogP contribution in [0.2, 0.25) is 0 Å². The first-order valence-corrected chi connectivity index (χ1v) is 9.19. The summed E-state index contributed by atoms with van der Waals surface area (Å²) in [5.41, 5.74) is 3.56. The number of nitrogens with one attached hydrogen (secondary N) is 1. The summed E-state index contributed by atoms with van der Waals surface area (Å²) < 4.78 is 0. The number of aryl methyl sites for hydroxylation is 1. The van der Waals surface area contributed by atoms with Crippen LogP contribution in [0, 0.1) is 5.92 Å². The topological polar surface area (TPSA) is 62.3 Å². The Morgan fingerprint density at radius 3 is 2.81 bits per heavy atom. The molecule has 0 saturated carbocycles. The lowest BCUT2D eigenvalue weighted by Crippen LogP contribution is -2.28. The molecule has 0 spiro atoms. The lowest BCUT2D eigenvalue weighted by atomic mass is 10.1. The fraction of sp³-hybridized carbons (Fsp3) is 0.227. The van der Waals surface area contributed by atoms with Gasteiger partial charge >= 0.3 is 0 Å². The van der Waals surface area contributed by atoms with Crippen LogP contribution in [0.5, 0.6) is 0 Å². The van der Waals surface area contributed by atoms with Gasteiger partial charge < -0.3 is 10.2 Å². The van der Waals surface area contributed by atoms with Crippen LogP contribution in [0.15, 0.2) is 60.8 Å². The standard InChI is InChI=1S/C22H21N3O2/c1-2-15-7-4-6-10-20(15)25-14-17(12-21(25)26)22(27)24-18-11-16-8-3-5-9-19(16)23-13-18/h3-11,13,17H,2,12,14H2,1H3,(H,24,27). The molecule has 136 valence electrons. The van der Waals surface area contributed by atoms with Crippen molar-refractivity contribution in [2.75, 3.05) is 16.8 Å². The second-order valence-electron chi connectivity index (χ2n) is 6.79. The molecule has 1 saturated heterocycles. The van der Waals surface area contributed by atoms with Crippen LogP contribution < -0.4 is 10.2 Å². The number of amides is 2. The molecule has 1 aliphatic rings. The average Bonchev–Trinajstić information content (AvgIpc) is 3.09. The van der Waals surface area contributed by atoms with Gasteiger partial charge in [-0.15, -0.1) is 0 Å². The Labute approximate surface area is 158 Å². The number of anilines is 2. The third kappa shape index (κ3) is 3.40. The van der Waals surface area contributed by atoms with Crippen molar-refractivity contribution < 1.29 is 9.59 Å². The molecule has 2 aromatic carbocycles. The number of nitrogens with zero attached hydrogens (tertiary/aromatic N) is 2. The fourth-order valence-electron chi connectivity index (χ4n) is 3.57. The summed E-state index contributed by atoms with van der Waals surface area (Å²) in [6, 6.07) is 17.5. The highest BCUT2D eigenvalue weighted by Gasteiger charge is 2.35. The molecule has 1 aromatic heterocycles. The Morgan fingerprint density at radius 1 is 1.19 bits per heavy atom. The van der Waals surface area contributed by atoms with Gasteiger partial charge in [-0.05, 0) is 30.2 Å². The lowest BCUT2D eigenvalue weighted by molar-refractivity contribution is -0.122. The first-order chi connectivity index (χ1) is 13.2. The van der Waals surface area contributed by atoms with Gasteiger partial charge in [0.25, 0.3) is 0 Å². The number of para-hydroxylation sites is 2. The molecule has 4 rings (SSSR count). The zero-order chi connectivity index (χ0) is 18.8. The predicted octanol–water partition coefficient (Wildman–Crippen LogP) is 3.79. The van der Waals surface area contributed by atoms with Crippen molar-refractivity contribution >= 4 is 34.1 Å². The summed E-state index contributed by atoms with van der Waals surface area (Å²) in [4.78, 5) is 31.3. The van der Waals surface area contributed by atoms with E-state index in [0.29, 0.717) is 12.2 Å². The van der Waals surface area contributed by atoms with Crippen molar-refractivity contribution in [1.82, 2.24) is 4.98 Å². The van der Waals surface area contributed by atoms with E-state index >= 15 is 0 Å². The summed E-state index contributed by atoms with van der Waals surface area (Å²) in [5, 5.41) is 3.89. The van der Waals surface area contributed by atoms with Crippen molar-refractivity contribution in [1.29, 1.82) is 0 Å². The van der Waals surface area contributed by atoms with Crippen LogP contribution in [0.1, 0.15) is 18.9 Å². The normalized spacial score (nSPS) is 16.7. The van der Waals surface area contributed by atoms with Gasteiger partial charge in [-0.2, -0.15) is 0 Å². The van der Waals surface area contributed by atoms with Gasteiger partial charge in [0, 0.05) is 24.0 Å². The third-order valence-electron chi connectivity index (χ3n) is 5.02. The number of hydrogen-bond acceptors (Lipinski definition) is 3. The van der Waals surface area contributed by atoms with Crippen LogP contribution in [-0.4, -0.2) is 23.3 Å². The number of aromatic nitrogens is 1. The van der Waals surface area contributed by atoms with Gasteiger partial charge in [-0.1, -0.05) is 43.3 Å². The van der Waals surface area contributed by atoms with Gasteiger partial charge in [-0.25, -0.2) is 0 Å². The molecule has 27 heavy (non-hydrogen) atoms. The van der Waals surface area contributed by atoms with E-state index in [1.807, 2.05) is 54.6 Å². The zero-order valence-corrected chi connectivity index (χ0v) is 15.2. The molecule has 2 amide bonds. The second kappa shape index (κ2) is 7.19. The number of carbonyl (C=O) groups is 2. The Balaban J connectivity index is 1.50. The molecule has 5 nitrogen and oxygen atoms in total. The molecular weight excluding hydrogens is 338 g/mol. The van der Waals surface area contributed by atoms with Crippen LogP contribution in [0.4, 0.5) is 11.4 Å². The molecule has 1 unspecified atom stereocenters. The zero-order valence-electron chi connectivity index (χ0n) is 15.2. The molecule has 1 fully saturated rings. The maximum Gasteiger partial charge on any atom is 0.229 e. The predicted molar refractivity (Wildman–Crippen MR) is 107 cm³/mol. The summed E-state index contributed by atoms with van der Waals surface area (Å²) in [6.45, 7) is 2.47. The van der Waals surface area contributed by atoms with Gasteiger partial charge in [0.15, 0.2) is 0 Å². The van der Waals surface area contributed by atoms with E-state index in [9.17, 15) is 9.59 Å². The van der Waals surface area contributed by atoms with Crippen molar-refractivity contribution in [2.45, 2.75) is 19.8 Å². The van der Waals surface area contributed by atoms with E-state index in [0.717, 1.165) is 28.6 Å². The highest BCUT2D eigenvalue weighted by atomic mass is 16.2. The molecule has 3 aromatic rings. The Kier molecular flexibility index (Phi) is 4.59. The summed E-state index contributed by atoms with van der Waals surface area (Å²) >= 11 is 0. The molecule has 0 radical (unpaired) electrons. The van der Waals surface area contributed by atoms with E-state index in [1.165, 1.54) is 0 Å². The van der Waals surface area contributed by atoms with E-state index < -0.39 is 0 Å². The molecule has 0 aliphatic carbocycles. The van der Waals surface area contributed by atoms with Crippen LogP contribution in [0.25, 0.3) is 10.9 Å². The minimum atomic E-state index is -0.367. The van der Waals surface area contributed by atoms with Crippen molar-refractivity contribution in [3.63, 3.8) is 0 Å². The maximum absolute atomic E-state index is 12.7. The van der Waals surface area contributed by atoms with Gasteiger partial charge in [0.1, 0.15) is 0 Å².